The molecular weight excluding hydrogens is 205 g/mol. The molecule has 0 aliphatic heterocycles. The van der Waals surface area contributed by atoms with E-state index in [1.54, 1.807) is 6.07 Å². The molecule has 4 heteroatoms. The molecule has 1 aromatic carbocycles. The van der Waals surface area contributed by atoms with Gasteiger partial charge in [-0.25, -0.2) is 9.37 Å². The highest BCUT2D eigenvalue weighted by molar-refractivity contribution is 6.34. The highest BCUT2D eigenvalue weighted by atomic mass is 35.5. The van der Waals surface area contributed by atoms with Gasteiger partial charge in [-0.2, -0.15) is 0 Å². The lowest BCUT2D eigenvalue weighted by Gasteiger charge is -2.04. The van der Waals surface area contributed by atoms with Gasteiger partial charge in [-0.3, -0.25) is 0 Å². The molecule has 0 aliphatic rings. The van der Waals surface area contributed by atoms with Crippen molar-refractivity contribution in [3.05, 3.63) is 35.4 Å². The lowest BCUT2D eigenvalue weighted by molar-refractivity contribution is 0.387. The molecule has 0 saturated heterocycles. The van der Waals surface area contributed by atoms with Gasteiger partial charge in [0.15, 0.2) is 11.6 Å². The minimum atomic E-state index is -2.69. The summed E-state index contributed by atoms with van der Waals surface area (Å²) >= 11 is 5.78. The van der Waals surface area contributed by atoms with Crippen molar-refractivity contribution in [2.24, 2.45) is 0 Å². The number of fused-ring (bicyclic) bond motifs is 1. The number of rotatable bonds is 1. The van der Waals surface area contributed by atoms with E-state index in [4.69, 9.17) is 15.7 Å². The first-order valence-corrected chi connectivity index (χ1v) is 4.17. The number of methoxy groups -OCH3 is 1. The van der Waals surface area contributed by atoms with Crippen LogP contribution >= 0.6 is 11.6 Å². The summed E-state index contributed by atoms with van der Waals surface area (Å²) in [4.78, 5) is 3.80. The SMILES string of the molecule is [2H]C([2H])([2H])Oc1cc2ccnc(Cl)c2cc1F. The summed E-state index contributed by atoms with van der Waals surface area (Å²) in [7, 11) is -2.69. The number of halogens is 2. The van der Waals surface area contributed by atoms with Crippen LogP contribution in [-0.4, -0.2) is 12.0 Å². The first-order valence-electron chi connectivity index (χ1n) is 5.29. The predicted molar refractivity (Wildman–Crippen MR) is 53.3 cm³/mol. The van der Waals surface area contributed by atoms with Gasteiger partial charge in [0.2, 0.25) is 0 Å². The Bertz CT molecular complexity index is 573. The molecule has 2 rings (SSSR count). The van der Waals surface area contributed by atoms with Gasteiger partial charge < -0.3 is 4.74 Å². The molecule has 0 radical (unpaired) electrons. The van der Waals surface area contributed by atoms with E-state index in [-0.39, 0.29) is 10.9 Å². The van der Waals surface area contributed by atoms with E-state index < -0.39 is 12.9 Å². The number of ether oxygens (including phenoxy) is 1. The first-order chi connectivity index (χ1) is 7.87. The molecule has 0 saturated carbocycles. The zero-order valence-corrected chi connectivity index (χ0v) is 7.68. The standard InChI is InChI=1S/C10H7ClFNO/c1-14-9-4-6-2-3-13-10(11)7(6)5-8(9)12/h2-5H,1H3/i1D3. The maximum absolute atomic E-state index is 13.6. The third kappa shape index (κ3) is 1.40. The fourth-order valence-electron chi connectivity index (χ4n) is 1.22. The number of hydrogen-bond donors (Lipinski definition) is 0. The van der Waals surface area contributed by atoms with Crippen LogP contribution in [0.2, 0.25) is 5.15 Å². The van der Waals surface area contributed by atoms with Crippen molar-refractivity contribution in [2.75, 3.05) is 7.04 Å². The van der Waals surface area contributed by atoms with Crippen LogP contribution in [-0.2, 0) is 0 Å². The number of nitrogens with zero attached hydrogens (tertiary/aromatic N) is 1. The van der Waals surface area contributed by atoms with Gasteiger partial charge in [0.1, 0.15) is 5.15 Å². The zero-order valence-electron chi connectivity index (χ0n) is 9.92. The van der Waals surface area contributed by atoms with Gasteiger partial charge in [0.25, 0.3) is 0 Å². The molecule has 14 heavy (non-hydrogen) atoms. The molecule has 2 nitrogen and oxygen atoms in total. The molecule has 2 aromatic rings. The topological polar surface area (TPSA) is 22.1 Å². The largest absolute Gasteiger partial charge is 0.494 e. The van der Waals surface area contributed by atoms with Crippen molar-refractivity contribution < 1.29 is 13.2 Å². The van der Waals surface area contributed by atoms with Crippen LogP contribution in [0.25, 0.3) is 10.8 Å². The van der Waals surface area contributed by atoms with Crippen LogP contribution in [0, 0.1) is 5.82 Å². The molecule has 0 amide bonds. The minimum Gasteiger partial charge on any atom is -0.494 e. The number of benzene rings is 1. The molecule has 0 atom stereocenters. The quantitative estimate of drug-likeness (QED) is 0.681. The Morgan fingerprint density at radius 3 is 3.21 bits per heavy atom. The normalized spacial score (nSPS) is 14.6. The fraction of sp³-hybridized carbons (Fsp3) is 0.100. The monoisotopic (exact) mass is 214 g/mol. The third-order valence-corrected chi connectivity index (χ3v) is 2.18. The summed E-state index contributed by atoms with van der Waals surface area (Å²) < 4.78 is 38.9. The van der Waals surface area contributed by atoms with Gasteiger partial charge in [0, 0.05) is 11.6 Å². The fourth-order valence-corrected chi connectivity index (χ4v) is 1.44. The number of pyridine rings is 1. The molecule has 0 unspecified atom stereocenters. The molecule has 72 valence electrons. The van der Waals surface area contributed by atoms with Crippen molar-refractivity contribution in [3.63, 3.8) is 0 Å². The summed E-state index contributed by atoms with van der Waals surface area (Å²) in [5.74, 6) is -1.12. The van der Waals surface area contributed by atoms with E-state index in [0.29, 0.717) is 10.8 Å². The Balaban J connectivity index is 2.56. The van der Waals surface area contributed by atoms with Gasteiger partial charge in [-0.15, -0.1) is 0 Å². The molecule has 0 bridgehead atoms. The van der Waals surface area contributed by atoms with Crippen LogP contribution in [0.5, 0.6) is 5.75 Å². The second-order valence-corrected chi connectivity index (χ2v) is 3.07. The molecule has 1 aromatic heterocycles. The van der Waals surface area contributed by atoms with E-state index >= 15 is 0 Å². The third-order valence-electron chi connectivity index (χ3n) is 1.88. The summed E-state index contributed by atoms with van der Waals surface area (Å²) in [6.45, 7) is 0. The highest BCUT2D eigenvalue weighted by Gasteiger charge is 2.07. The summed E-state index contributed by atoms with van der Waals surface area (Å²) in [5, 5.41) is 1.12. The summed E-state index contributed by atoms with van der Waals surface area (Å²) in [6.07, 6.45) is 1.45. The van der Waals surface area contributed by atoms with Crippen LogP contribution in [0.4, 0.5) is 4.39 Å². The van der Waals surface area contributed by atoms with Crippen LogP contribution in [0.3, 0.4) is 0 Å². The van der Waals surface area contributed by atoms with E-state index in [2.05, 4.69) is 9.72 Å². The van der Waals surface area contributed by atoms with Gasteiger partial charge in [-0.1, -0.05) is 11.6 Å². The van der Waals surface area contributed by atoms with E-state index in [1.807, 2.05) is 0 Å². The summed E-state index contributed by atoms with van der Waals surface area (Å²) in [6, 6.07) is 3.98. The van der Waals surface area contributed by atoms with Crippen LogP contribution in [0.1, 0.15) is 4.11 Å². The smallest absolute Gasteiger partial charge is 0.165 e. The predicted octanol–water partition coefficient (Wildman–Crippen LogP) is 3.04. The van der Waals surface area contributed by atoms with Gasteiger partial charge >= 0.3 is 0 Å². The first kappa shape index (κ1) is 6.19. The second kappa shape index (κ2) is 3.42. The number of aromatic nitrogens is 1. The number of hydrogen-bond acceptors (Lipinski definition) is 2. The Morgan fingerprint density at radius 1 is 1.57 bits per heavy atom. The van der Waals surface area contributed by atoms with Crippen molar-refractivity contribution in [1.29, 1.82) is 0 Å². The average molecular weight is 215 g/mol. The summed E-state index contributed by atoms with van der Waals surface area (Å²) in [5.41, 5.74) is 0. The van der Waals surface area contributed by atoms with Crippen molar-refractivity contribution in [1.82, 2.24) is 4.98 Å². The average Bonchev–Trinajstić information content (AvgIpc) is 2.19. The minimum absolute atomic E-state index is 0.154. The Labute approximate surface area is 89.5 Å². The molecule has 0 fully saturated rings. The van der Waals surface area contributed by atoms with E-state index in [0.717, 1.165) is 6.07 Å². The van der Waals surface area contributed by atoms with Crippen molar-refractivity contribution in [2.45, 2.75) is 0 Å². The zero-order chi connectivity index (χ0) is 12.6. The van der Waals surface area contributed by atoms with Crippen molar-refractivity contribution >= 4 is 22.4 Å². The van der Waals surface area contributed by atoms with Crippen LogP contribution < -0.4 is 4.74 Å². The maximum atomic E-state index is 13.6. The molecular formula is C10H7ClFNO. The lowest BCUT2D eigenvalue weighted by Crippen LogP contribution is -1.89. The van der Waals surface area contributed by atoms with Gasteiger partial charge in [0.05, 0.1) is 11.2 Å². The molecule has 0 spiro atoms. The molecule has 0 N–H and O–H groups in total. The maximum Gasteiger partial charge on any atom is 0.165 e. The second-order valence-electron chi connectivity index (χ2n) is 2.71. The van der Waals surface area contributed by atoms with E-state index in [1.165, 1.54) is 12.3 Å². The Kier molecular flexibility index (Phi) is 1.51. The van der Waals surface area contributed by atoms with Gasteiger partial charge in [-0.05, 0) is 23.6 Å². The van der Waals surface area contributed by atoms with Crippen LogP contribution in [0.15, 0.2) is 24.4 Å². The van der Waals surface area contributed by atoms with E-state index in [9.17, 15) is 4.39 Å². The van der Waals surface area contributed by atoms with Crippen molar-refractivity contribution in [3.8, 4) is 5.75 Å². The molecule has 1 heterocycles. The Morgan fingerprint density at radius 2 is 2.43 bits per heavy atom. The molecule has 0 aliphatic carbocycles. The Hall–Kier alpha value is -1.35. The lowest BCUT2D eigenvalue weighted by atomic mass is 10.1. The highest BCUT2D eigenvalue weighted by Crippen LogP contribution is 2.27.